The van der Waals surface area contributed by atoms with Crippen molar-refractivity contribution in [2.45, 2.75) is 19.0 Å². The summed E-state index contributed by atoms with van der Waals surface area (Å²) < 4.78 is 6.10. The van der Waals surface area contributed by atoms with Gasteiger partial charge in [-0.1, -0.05) is 97.1 Å². The van der Waals surface area contributed by atoms with E-state index in [4.69, 9.17) is 4.74 Å². The van der Waals surface area contributed by atoms with Crippen molar-refractivity contribution in [2.75, 3.05) is 0 Å². The lowest BCUT2D eigenvalue weighted by Crippen LogP contribution is -2.35. The minimum absolute atomic E-state index is 0.0795. The van der Waals surface area contributed by atoms with Crippen LogP contribution >= 0.6 is 0 Å². The minimum Gasteiger partial charge on any atom is -0.457 e. The molecule has 0 aromatic heterocycles. The van der Waals surface area contributed by atoms with Crippen LogP contribution in [-0.2, 0) is 17.9 Å². The summed E-state index contributed by atoms with van der Waals surface area (Å²) in [5, 5.41) is 0. The number of hydrogen-bond acceptors (Lipinski definition) is 2. The monoisotopic (exact) mass is 405 g/mol. The topological polar surface area (TPSA) is 29.5 Å². The molecule has 0 fully saturated rings. The Labute approximate surface area is 182 Å². The van der Waals surface area contributed by atoms with Crippen molar-refractivity contribution in [1.29, 1.82) is 0 Å². The van der Waals surface area contributed by atoms with E-state index in [9.17, 15) is 4.79 Å². The Bertz CT molecular complexity index is 1100. The van der Waals surface area contributed by atoms with Crippen LogP contribution in [0.5, 0.6) is 11.5 Å². The highest BCUT2D eigenvalue weighted by Crippen LogP contribution is 2.44. The zero-order valence-electron chi connectivity index (χ0n) is 17.1. The lowest BCUT2D eigenvalue weighted by atomic mass is 9.86. The summed E-state index contributed by atoms with van der Waals surface area (Å²) in [6.45, 7) is 1.10. The Morgan fingerprint density at radius 1 is 0.613 bits per heavy atom. The van der Waals surface area contributed by atoms with Crippen molar-refractivity contribution in [3.63, 3.8) is 0 Å². The number of ether oxygens (including phenoxy) is 1. The molecule has 4 aromatic rings. The molecule has 0 atom stereocenters. The van der Waals surface area contributed by atoms with E-state index in [1.54, 1.807) is 0 Å². The fourth-order valence-electron chi connectivity index (χ4n) is 4.18. The van der Waals surface area contributed by atoms with Gasteiger partial charge in [0.15, 0.2) is 0 Å². The highest BCUT2D eigenvalue weighted by Gasteiger charge is 2.35. The van der Waals surface area contributed by atoms with Gasteiger partial charge in [-0.15, -0.1) is 0 Å². The van der Waals surface area contributed by atoms with E-state index in [1.807, 2.05) is 89.8 Å². The average molecular weight is 405 g/mol. The minimum atomic E-state index is -0.395. The van der Waals surface area contributed by atoms with E-state index in [1.165, 1.54) is 0 Å². The van der Waals surface area contributed by atoms with Crippen LogP contribution in [0.3, 0.4) is 0 Å². The SMILES string of the molecule is O=C(C1c2ccccc2Oc2ccccc21)N(Cc1ccccc1)Cc1ccccc1. The first kappa shape index (κ1) is 19.1. The van der Waals surface area contributed by atoms with Gasteiger partial charge in [0, 0.05) is 24.2 Å². The fraction of sp³-hybridized carbons (Fsp3) is 0.107. The number of para-hydroxylation sites is 2. The maximum Gasteiger partial charge on any atom is 0.235 e. The number of nitrogens with zero attached hydrogens (tertiary/aromatic N) is 1. The predicted octanol–water partition coefficient (Wildman–Crippen LogP) is 6.15. The molecule has 3 nitrogen and oxygen atoms in total. The van der Waals surface area contributed by atoms with Crippen molar-refractivity contribution in [1.82, 2.24) is 4.90 Å². The Morgan fingerprint density at radius 3 is 1.52 bits per heavy atom. The summed E-state index contributed by atoms with van der Waals surface area (Å²) in [6.07, 6.45) is 0. The van der Waals surface area contributed by atoms with Crippen LogP contribution in [0.15, 0.2) is 109 Å². The summed E-state index contributed by atoms with van der Waals surface area (Å²) in [4.78, 5) is 16.1. The molecule has 0 aliphatic carbocycles. The number of benzene rings is 4. The second kappa shape index (κ2) is 8.49. The van der Waals surface area contributed by atoms with Gasteiger partial charge in [-0.3, -0.25) is 4.79 Å². The Kier molecular flexibility index (Phi) is 5.24. The molecular formula is C28H23NO2. The summed E-state index contributed by atoms with van der Waals surface area (Å²) in [5.74, 6) is 1.18. The first-order valence-electron chi connectivity index (χ1n) is 10.5. The van der Waals surface area contributed by atoms with Crippen LogP contribution in [0.25, 0.3) is 0 Å². The first-order valence-corrected chi connectivity index (χ1v) is 10.5. The molecule has 0 spiro atoms. The molecule has 31 heavy (non-hydrogen) atoms. The van der Waals surface area contributed by atoms with Crippen LogP contribution in [0, 0.1) is 0 Å². The lowest BCUT2D eigenvalue weighted by molar-refractivity contribution is -0.133. The third-order valence-electron chi connectivity index (χ3n) is 5.67. The molecule has 4 aromatic carbocycles. The molecule has 152 valence electrons. The molecule has 0 saturated carbocycles. The third kappa shape index (κ3) is 3.95. The Morgan fingerprint density at radius 2 is 1.03 bits per heavy atom. The zero-order chi connectivity index (χ0) is 21.0. The van der Waals surface area contributed by atoms with Gasteiger partial charge in [0.1, 0.15) is 11.5 Å². The van der Waals surface area contributed by atoms with E-state index >= 15 is 0 Å². The van der Waals surface area contributed by atoms with Crippen molar-refractivity contribution >= 4 is 5.91 Å². The molecule has 0 unspecified atom stereocenters. The molecule has 0 bridgehead atoms. The average Bonchev–Trinajstić information content (AvgIpc) is 2.83. The van der Waals surface area contributed by atoms with Crippen LogP contribution in [0.1, 0.15) is 28.2 Å². The number of fused-ring (bicyclic) bond motifs is 2. The third-order valence-corrected chi connectivity index (χ3v) is 5.67. The number of hydrogen-bond donors (Lipinski definition) is 0. The second-order valence-corrected chi connectivity index (χ2v) is 7.78. The molecule has 0 N–H and O–H groups in total. The quantitative estimate of drug-likeness (QED) is 0.398. The van der Waals surface area contributed by atoms with Crippen molar-refractivity contribution in [3.8, 4) is 11.5 Å². The Hall–Kier alpha value is -3.85. The van der Waals surface area contributed by atoms with Gasteiger partial charge >= 0.3 is 0 Å². The van der Waals surface area contributed by atoms with Gasteiger partial charge < -0.3 is 9.64 Å². The second-order valence-electron chi connectivity index (χ2n) is 7.78. The predicted molar refractivity (Wildman–Crippen MR) is 122 cm³/mol. The standard InChI is InChI=1S/C28H23NO2/c30-28(27-23-15-7-9-17-25(23)31-26-18-10-8-16-24(26)27)29(19-21-11-3-1-4-12-21)20-22-13-5-2-6-14-22/h1-18,27H,19-20H2. The molecular weight excluding hydrogens is 382 g/mol. The largest absolute Gasteiger partial charge is 0.457 e. The van der Waals surface area contributed by atoms with E-state index in [0.29, 0.717) is 13.1 Å². The summed E-state index contributed by atoms with van der Waals surface area (Å²) in [7, 11) is 0. The maximum absolute atomic E-state index is 14.1. The zero-order valence-corrected chi connectivity index (χ0v) is 17.1. The van der Waals surface area contributed by atoms with Gasteiger partial charge in [-0.2, -0.15) is 0 Å². The highest BCUT2D eigenvalue weighted by atomic mass is 16.5. The lowest BCUT2D eigenvalue weighted by Gasteiger charge is -2.32. The molecule has 1 aliphatic rings. The highest BCUT2D eigenvalue weighted by molar-refractivity contribution is 5.89. The van der Waals surface area contributed by atoms with Crippen LogP contribution in [0.4, 0.5) is 0 Å². The summed E-state index contributed by atoms with van der Waals surface area (Å²) in [6, 6.07) is 36.0. The van der Waals surface area contributed by atoms with Gasteiger partial charge in [0.25, 0.3) is 0 Å². The molecule has 3 heteroatoms. The van der Waals surface area contributed by atoms with Crippen LogP contribution in [-0.4, -0.2) is 10.8 Å². The van der Waals surface area contributed by atoms with Crippen molar-refractivity contribution < 1.29 is 9.53 Å². The van der Waals surface area contributed by atoms with Gasteiger partial charge in [-0.05, 0) is 23.3 Å². The van der Waals surface area contributed by atoms with Crippen LogP contribution in [0.2, 0.25) is 0 Å². The van der Waals surface area contributed by atoms with Gasteiger partial charge in [-0.25, -0.2) is 0 Å². The number of carbonyl (C=O) groups excluding carboxylic acids is 1. The number of amides is 1. The summed E-state index contributed by atoms with van der Waals surface area (Å²) >= 11 is 0. The van der Waals surface area contributed by atoms with Crippen molar-refractivity contribution in [3.05, 3.63) is 131 Å². The van der Waals surface area contributed by atoms with Crippen molar-refractivity contribution in [2.24, 2.45) is 0 Å². The number of rotatable bonds is 5. The first-order chi connectivity index (χ1) is 15.3. The molecule has 0 saturated heterocycles. The summed E-state index contributed by atoms with van der Waals surface area (Å²) in [5.41, 5.74) is 4.05. The molecule has 1 aliphatic heterocycles. The normalized spacial score (nSPS) is 12.4. The van der Waals surface area contributed by atoms with Gasteiger partial charge in [0.2, 0.25) is 5.91 Å². The Balaban J connectivity index is 1.56. The van der Waals surface area contributed by atoms with Crippen LogP contribution < -0.4 is 4.74 Å². The molecule has 5 rings (SSSR count). The van der Waals surface area contributed by atoms with E-state index < -0.39 is 5.92 Å². The molecule has 0 radical (unpaired) electrons. The van der Waals surface area contributed by atoms with E-state index in [2.05, 4.69) is 24.3 Å². The molecule has 1 heterocycles. The van der Waals surface area contributed by atoms with E-state index in [-0.39, 0.29) is 5.91 Å². The smallest absolute Gasteiger partial charge is 0.235 e. The maximum atomic E-state index is 14.1. The fourth-order valence-corrected chi connectivity index (χ4v) is 4.18. The number of carbonyl (C=O) groups is 1. The molecule has 1 amide bonds. The van der Waals surface area contributed by atoms with Gasteiger partial charge in [0.05, 0.1) is 5.92 Å². The van der Waals surface area contributed by atoms with E-state index in [0.717, 1.165) is 33.8 Å².